The Kier molecular flexibility index (Phi) is 3.11. The molecular weight excluding hydrogens is 274 g/mol. The predicted molar refractivity (Wildman–Crippen MR) is 88.8 cm³/mol. The van der Waals surface area contributed by atoms with Crippen LogP contribution in [0.3, 0.4) is 0 Å². The molecule has 0 unspecified atom stereocenters. The number of aromatic nitrogens is 1. The molecule has 0 fully saturated rings. The molecule has 2 aromatic carbocycles. The summed E-state index contributed by atoms with van der Waals surface area (Å²) in [5, 5.41) is 1.27. The lowest BCUT2D eigenvalue weighted by Crippen LogP contribution is -2.03. The third kappa shape index (κ3) is 2.15. The Morgan fingerprint density at radius 1 is 1.05 bits per heavy atom. The summed E-state index contributed by atoms with van der Waals surface area (Å²) in [7, 11) is 1.68. The molecule has 0 amide bonds. The fourth-order valence-corrected chi connectivity index (χ4v) is 2.95. The van der Waals surface area contributed by atoms with Crippen molar-refractivity contribution in [3.63, 3.8) is 0 Å². The van der Waals surface area contributed by atoms with Crippen LogP contribution in [-0.4, -0.2) is 18.3 Å². The molecule has 3 aromatic rings. The van der Waals surface area contributed by atoms with Crippen molar-refractivity contribution in [3.05, 3.63) is 65.9 Å². The third-order valence-electron chi connectivity index (χ3n) is 4.07. The van der Waals surface area contributed by atoms with Gasteiger partial charge in [0.25, 0.3) is 0 Å². The molecule has 0 bridgehead atoms. The fourth-order valence-electron chi connectivity index (χ4n) is 2.95. The molecule has 0 atom stereocenters. The van der Waals surface area contributed by atoms with Crippen molar-refractivity contribution in [1.82, 2.24) is 4.57 Å². The van der Waals surface area contributed by atoms with Gasteiger partial charge in [0, 0.05) is 28.2 Å². The number of hydrogen-bond donors (Lipinski definition) is 0. The minimum atomic E-state index is 0.670. The summed E-state index contributed by atoms with van der Waals surface area (Å²) >= 11 is 0. The summed E-state index contributed by atoms with van der Waals surface area (Å²) in [4.78, 5) is 0. The Morgan fingerprint density at radius 2 is 1.86 bits per heavy atom. The van der Waals surface area contributed by atoms with E-state index >= 15 is 0 Å². The first-order chi connectivity index (χ1) is 10.8. The van der Waals surface area contributed by atoms with E-state index in [1.165, 1.54) is 16.6 Å². The summed E-state index contributed by atoms with van der Waals surface area (Å²) in [6, 6.07) is 18.7. The van der Waals surface area contributed by atoms with Gasteiger partial charge in [-0.05, 0) is 36.4 Å². The van der Waals surface area contributed by atoms with Crippen molar-refractivity contribution < 1.29 is 9.47 Å². The average molecular weight is 291 g/mol. The summed E-state index contributed by atoms with van der Waals surface area (Å²) in [6.45, 7) is 1.53. The van der Waals surface area contributed by atoms with Gasteiger partial charge < -0.3 is 14.0 Å². The van der Waals surface area contributed by atoms with Gasteiger partial charge in [0.1, 0.15) is 18.1 Å². The first-order valence-electron chi connectivity index (χ1n) is 7.42. The van der Waals surface area contributed by atoms with E-state index in [-0.39, 0.29) is 0 Å². The molecule has 3 nitrogen and oxygen atoms in total. The minimum absolute atomic E-state index is 0.670. The van der Waals surface area contributed by atoms with Crippen LogP contribution in [0.5, 0.6) is 5.75 Å². The highest BCUT2D eigenvalue weighted by molar-refractivity contribution is 5.87. The molecule has 1 aliphatic rings. The number of fused-ring (bicyclic) bond motifs is 3. The number of methoxy groups -OCH3 is 1. The van der Waals surface area contributed by atoms with E-state index in [2.05, 4.69) is 41.0 Å². The van der Waals surface area contributed by atoms with Gasteiger partial charge in [-0.15, -0.1) is 0 Å². The lowest BCUT2D eigenvalue weighted by Gasteiger charge is -2.09. The summed E-state index contributed by atoms with van der Waals surface area (Å²) in [6.07, 6.45) is 2.12. The highest BCUT2D eigenvalue weighted by atomic mass is 16.5. The maximum Gasteiger partial charge on any atom is 0.128 e. The standard InChI is InChI=1S/C19H17NO2/c1-21-17-8-6-14(7-9-17)19-13-16-12-15-4-2-3-5-18(15)20(16)10-11-22-19/h2-9,12-13H,10-11H2,1H3. The van der Waals surface area contributed by atoms with E-state index in [4.69, 9.17) is 9.47 Å². The molecule has 0 saturated carbocycles. The van der Waals surface area contributed by atoms with E-state index in [1.807, 2.05) is 24.3 Å². The van der Waals surface area contributed by atoms with Gasteiger partial charge in [-0.1, -0.05) is 18.2 Å². The molecule has 0 N–H and O–H groups in total. The highest BCUT2D eigenvalue weighted by Crippen LogP contribution is 2.28. The Morgan fingerprint density at radius 3 is 2.68 bits per heavy atom. The predicted octanol–water partition coefficient (Wildman–Crippen LogP) is 4.18. The largest absolute Gasteiger partial charge is 0.497 e. The Labute approximate surface area is 129 Å². The van der Waals surface area contributed by atoms with Gasteiger partial charge in [0.15, 0.2) is 0 Å². The Balaban J connectivity index is 1.80. The van der Waals surface area contributed by atoms with Gasteiger partial charge in [-0.2, -0.15) is 0 Å². The van der Waals surface area contributed by atoms with Crippen LogP contribution < -0.4 is 4.74 Å². The molecule has 2 heterocycles. The maximum absolute atomic E-state index is 5.95. The smallest absolute Gasteiger partial charge is 0.128 e. The number of hydrogen-bond acceptors (Lipinski definition) is 2. The normalized spacial score (nSPS) is 14.0. The molecule has 4 rings (SSSR count). The quantitative estimate of drug-likeness (QED) is 0.707. The Hall–Kier alpha value is -2.68. The van der Waals surface area contributed by atoms with Crippen LogP contribution >= 0.6 is 0 Å². The van der Waals surface area contributed by atoms with Crippen LogP contribution in [0.15, 0.2) is 54.6 Å². The zero-order chi connectivity index (χ0) is 14.9. The molecule has 1 aromatic heterocycles. The maximum atomic E-state index is 5.95. The van der Waals surface area contributed by atoms with E-state index in [9.17, 15) is 0 Å². The van der Waals surface area contributed by atoms with Crippen molar-refractivity contribution in [2.75, 3.05) is 13.7 Å². The van der Waals surface area contributed by atoms with Crippen molar-refractivity contribution in [2.45, 2.75) is 6.54 Å². The van der Waals surface area contributed by atoms with Gasteiger partial charge in [0.2, 0.25) is 0 Å². The van der Waals surface area contributed by atoms with Crippen LogP contribution in [0, 0.1) is 0 Å². The summed E-state index contributed by atoms with van der Waals surface area (Å²) in [5.74, 6) is 1.76. The number of nitrogens with zero attached hydrogens (tertiary/aromatic N) is 1. The molecule has 1 aliphatic heterocycles. The first-order valence-corrected chi connectivity index (χ1v) is 7.42. The average Bonchev–Trinajstić information content (AvgIpc) is 2.78. The molecule has 3 heteroatoms. The SMILES string of the molecule is COc1ccc(C2=Cc3cc4ccccc4n3CCO2)cc1. The van der Waals surface area contributed by atoms with Crippen LogP contribution in [0.25, 0.3) is 22.7 Å². The first kappa shape index (κ1) is 13.0. The number of rotatable bonds is 2. The third-order valence-corrected chi connectivity index (χ3v) is 4.07. The second-order valence-electron chi connectivity index (χ2n) is 5.37. The summed E-state index contributed by atoms with van der Waals surface area (Å²) < 4.78 is 13.5. The summed E-state index contributed by atoms with van der Waals surface area (Å²) in [5.41, 5.74) is 3.51. The second kappa shape index (κ2) is 5.26. The minimum Gasteiger partial charge on any atom is -0.497 e. The second-order valence-corrected chi connectivity index (χ2v) is 5.37. The van der Waals surface area contributed by atoms with E-state index < -0.39 is 0 Å². The number of ether oxygens (including phenoxy) is 2. The topological polar surface area (TPSA) is 23.4 Å². The number of benzene rings is 2. The Bertz CT molecular complexity index is 844. The lowest BCUT2D eigenvalue weighted by atomic mass is 10.1. The van der Waals surface area contributed by atoms with E-state index in [0.29, 0.717) is 6.61 Å². The molecule has 110 valence electrons. The molecule has 0 spiro atoms. The van der Waals surface area contributed by atoms with Gasteiger partial charge >= 0.3 is 0 Å². The van der Waals surface area contributed by atoms with Crippen molar-refractivity contribution in [2.24, 2.45) is 0 Å². The lowest BCUT2D eigenvalue weighted by molar-refractivity contribution is 0.268. The van der Waals surface area contributed by atoms with Gasteiger partial charge in [-0.25, -0.2) is 0 Å². The van der Waals surface area contributed by atoms with Crippen LogP contribution in [0.4, 0.5) is 0 Å². The highest BCUT2D eigenvalue weighted by Gasteiger charge is 2.13. The molecular formula is C19H17NO2. The van der Waals surface area contributed by atoms with Crippen LogP contribution in [0.2, 0.25) is 0 Å². The van der Waals surface area contributed by atoms with Crippen molar-refractivity contribution in [1.29, 1.82) is 0 Å². The van der Waals surface area contributed by atoms with Crippen LogP contribution in [0.1, 0.15) is 11.3 Å². The fraction of sp³-hybridized carbons (Fsp3) is 0.158. The van der Waals surface area contributed by atoms with Gasteiger partial charge in [0.05, 0.1) is 13.7 Å². The van der Waals surface area contributed by atoms with E-state index in [1.54, 1.807) is 7.11 Å². The van der Waals surface area contributed by atoms with Crippen molar-refractivity contribution >= 4 is 22.7 Å². The zero-order valence-corrected chi connectivity index (χ0v) is 12.5. The molecule has 22 heavy (non-hydrogen) atoms. The van der Waals surface area contributed by atoms with Crippen LogP contribution in [-0.2, 0) is 11.3 Å². The molecule has 0 aliphatic carbocycles. The molecule has 0 radical (unpaired) electrons. The zero-order valence-electron chi connectivity index (χ0n) is 12.5. The van der Waals surface area contributed by atoms with Crippen molar-refractivity contribution in [3.8, 4) is 5.75 Å². The van der Waals surface area contributed by atoms with E-state index in [0.717, 1.165) is 23.6 Å². The molecule has 0 saturated heterocycles. The number of para-hydroxylation sites is 1. The van der Waals surface area contributed by atoms with Gasteiger partial charge in [-0.3, -0.25) is 0 Å². The monoisotopic (exact) mass is 291 g/mol.